The van der Waals surface area contributed by atoms with Crippen molar-refractivity contribution < 1.29 is 9.59 Å². The Morgan fingerprint density at radius 3 is 2.63 bits per heavy atom. The predicted octanol–water partition coefficient (Wildman–Crippen LogP) is 5.52. The molecule has 0 radical (unpaired) electrons. The number of carbonyl (C=O) groups excluding carboxylic acids is 2. The molecule has 0 spiro atoms. The molecule has 10 heteroatoms. The van der Waals surface area contributed by atoms with Crippen LogP contribution < -0.4 is 5.32 Å². The maximum absolute atomic E-state index is 13.0. The zero-order valence-electron chi connectivity index (χ0n) is 15.4. The van der Waals surface area contributed by atoms with Gasteiger partial charge in [-0.2, -0.15) is 0 Å². The third kappa shape index (κ3) is 4.51. The first-order valence-electron chi connectivity index (χ1n) is 9.09. The Balaban J connectivity index is 1.47. The highest BCUT2D eigenvalue weighted by Gasteiger charge is 2.35. The zero-order chi connectivity index (χ0) is 21.3. The molecule has 30 heavy (non-hydrogen) atoms. The topological polar surface area (TPSA) is 75.2 Å². The molecule has 0 bridgehead atoms. The summed E-state index contributed by atoms with van der Waals surface area (Å²) < 4.78 is 0.969. The van der Waals surface area contributed by atoms with E-state index in [1.807, 2.05) is 24.3 Å². The Kier molecular flexibility index (Phi) is 6.38. The molecule has 1 atom stereocenters. The molecule has 1 N–H and O–H groups in total. The summed E-state index contributed by atoms with van der Waals surface area (Å²) in [4.78, 5) is 27.4. The molecular weight excluding hydrogens is 511 g/mol. The monoisotopic (exact) mass is 524 g/mol. The fourth-order valence-corrected chi connectivity index (χ4v) is 4.78. The van der Waals surface area contributed by atoms with Crippen LogP contribution in [0.3, 0.4) is 0 Å². The van der Waals surface area contributed by atoms with Crippen LogP contribution in [0.1, 0.15) is 23.2 Å². The molecule has 0 saturated carbocycles. The number of aromatic nitrogens is 2. The van der Waals surface area contributed by atoms with E-state index in [1.165, 1.54) is 17.4 Å². The SMILES string of the molecule is O=C(Nc1nnc(-c2ccc(Br)cc2)s1)C1CCCN1C(=O)c1ccc(Cl)cc1Cl. The number of halogens is 3. The molecule has 2 amide bonds. The molecule has 1 aliphatic heterocycles. The molecule has 1 unspecified atom stereocenters. The number of amides is 2. The molecule has 2 heterocycles. The minimum absolute atomic E-state index is 0.266. The molecule has 1 saturated heterocycles. The summed E-state index contributed by atoms with van der Waals surface area (Å²) in [6.07, 6.45) is 1.30. The van der Waals surface area contributed by atoms with Gasteiger partial charge in [-0.05, 0) is 43.2 Å². The minimum Gasteiger partial charge on any atom is -0.327 e. The fourth-order valence-electron chi connectivity index (χ4n) is 3.27. The highest BCUT2D eigenvalue weighted by Crippen LogP contribution is 2.29. The van der Waals surface area contributed by atoms with Crippen LogP contribution in [0.15, 0.2) is 46.9 Å². The summed E-state index contributed by atoms with van der Waals surface area (Å²) in [7, 11) is 0. The van der Waals surface area contributed by atoms with Crippen molar-refractivity contribution in [2.75, 3.05) is 11.9 Å². The van der Waals surface area contributed by atoms with E-state index in [1.54, 1.807) is 17.0 Å². The van der Waals surface area contributed by atoms with Crippen molar-refractivity contribution in [3.63, 3.8) is 0 Å². The van der Waals surface area contributed by atoms with Gasteiger partial charge in [0, 0.05) is 21.6 Å². The highest BCUT2D eigenvalue weighted by atomic mass is 79.9. The van der Waals surface area contributed by atoms with Crippen LogP contribution in [0.25, 0.3) is 10.6 Å². The second kappa shape index (κ2) is 9.01. The summed E-state index contributed by atoms with van der Waals surface area (Å²) >= 11 is 16.8. The number of hydrogen-bond acceptors (Lipinski definition) is 5. The van der Waals surface area contributed by atoms with Gasteiger partial charge in [-0.15, -0.1) is 10.2 Å². The van der Waals surface area contributed by atoms with Gasteiger partial charge in [0.05, 0.1) is 10.6 Å². The lowest BCUT2D eigenvalue weighted by molar-refractivity contribution is -0.119. The van der Waals surface area contributed by atoms with Crippen LogP contribution in [0.2, 0.25) is 10.0 Å². The molecule has 1 aliphatic rings. The Bertz CT molecular complexity index is 1110. The van der Waals surface area contributed by atoms with E-state index in [2.05, 4.69) is 31.4 Å². The summed E-state index contributed by atoms with van der Waals surface area (Å²) in [6.45, 7) is 0.482. The molecule has 1 aromatic heterocycles. The van der Waals surface area contributed by atoms with E-state index in [9.17, 15) is 9.59 Å². The first kappa shape index (κ1) is 21.2. The lowest BCUT2D eigenvalue weighted by Crippen LogP contribution is -2.43. The van der Waals surface area contributed by atoms with Gasteiger partial charge in [-0.1, -0.05) is 62.6 Å². The van der Waals surface area contributed by atoms with Gasteiger partial charge in [0.25, 0.3) is 5.91 Å². The summed E-state index contributed by atoms with van der Waals surface area (Å²) in [5, 5.41) is 12.8. The van der Waals surface area contributed by atoms with Crippen molar-refractivity contribution in [3.8, 4) is 10.6 Å². The van der Waals surface area contributed by atoms with Gasteiger partial charge in [-0.25, -0.2) is 0 Å². The Labute approximate surface area is 195 Å². The molecule has 1 fully saturated rings. The second-order valence-corrected chi connectivity index (χ2v) is 9.43. The third-order valence-corrected chi connectivity index (χ3v) is 6.69. The van der Waals surface area contributed by atoms with E-state index in [4.69, 9.17) is 23.2 Å². The van der Waals surface area contributed by atoms with Gasteiger partial charge >= 0.3 is 0 Å². The molecule has 0 aliphatic carbocycles. The predicted molar refractivity (Wildman–Crippen MR) is 122 cm³/mol. The molecular formula is C20H15BrCl2N4O2S. The molecule has 154 valence electrons. The lowest BCUT2D eigenvalue weighted by Gasteiger charge is -2.24. The number of anilines is 1. The number of nitrogens with zero attached hydrogens (tertiary/aromatic N) is 3. The van der Waals surface area contributed by atoms with Crippen molar-refractivity contribution in [1.82, 2.24) is 15.1 Å². The minimum atomic E-state index is -0.593. The summed E-state index contributed by atoms with van der Waals surface area (Å²) in [6, 6.07) is 11.8. The Morgan fingerprint density at radius 2 is 1.90 bits per heavy atom. The largest absolute Gasteiger partial charge is 0.327 e. The first-order chi connectivity index (χ1) is 14.4. The van der Waals surface area contributed by atoms with Crippen LogP contribution in [0.5, 0.6) is 0 Å². The van der Waals surface area contributed by atoms with Crippen molar-refractivity contribution >= 4 is 67.4 Å². The van der Waals surface area contributed by atoms with Crippen molar-refractivity contribution in [2.24, 2.45) is 0 Å². The van der Waals surface area contributed by atoms with Crippen LogP contribution in [-0.4, -0.2) is 39.5 Å². The van der Waals surface area contributed by atoms with E-state index in [0.29, 0.717) is 33.7 Å². The van der Waals surface area contributed by atoms with Crippen LogP contribution >= 0.6 is 50.5 Å². The smallest absolute Gasteiger partial charge is 0.256 e. The number of likely N-dealkylation sites (tertiary alicyclic amines) is 1. The number of hydrogen-bond donors (Lipinski definition) is 1. The second-order valence-electron chi connectivity index (χ2n) is 6.69. The highest BCUT2D eigenvalue weighted by molar-refractivity contribution is 9.10. The number of benzene rings is 2. The maximum atomic E-state index is 13.0. The van der Waals surface area contributed by atoms with E-state index in [-0.39, 0.29) is 16.8 Å². The maximum Gasteiger partial charge on any atom is 0.256 e. The van der Waals surface area contributed by atoms with E-state index in [0.717, 1.165) is 16.5 Å². The van der Waals surface area contributed by atoms with Crippen LogP contribution in [0.4, 0.5) is 5.13 Å². The van der Waals surface area contributed by atoms with Gasteiger partial charge in [0.1, 0.15) is 11.0 Å². The first-order valence-corrected chi connectivity index (χ1v) is 11.5. The van der Waals surface area contributed by atoms with Gasteiger partial charge in [0.2, 0.25) is 11.0 Å². The Hall–Kier alpha value is -2.00. The normalized spacial score (nSPS) is 16.0. The van der Waals surface area contributed by atoms with Crippen LogP contribution in [0, 0.1) is 0 Å². The standard InChI is InChI=1S/C20H15BrCl2N4O2S/c21-12-5-3-11(4-6-12)18-25-26-20(30-18)24-17(28)16-2-1-9-27(16)19(29)14-8-7-13(22)10-15(14)23/h3-8,10,16H,1-2,9H2,(H,24,26,28). The lowest BCUT2D eigenvalue weighted by atomic mass is 10.1. The Morgan fingerprint density at radius 1 is 1.13 bits per heavy atom. The van der Waals surface area contributed by atoms with E-state index >= 15 is 0 Å². The van der Waals surface area contributed by atoms with Crippen molar-refractivity contribution in [3.05, 3.63) is 62.5 Å². The molecule has 2 aromatic carbocycles. The number of rotatable bonds is 4. The zero-order valence-corrected chi connectivity index (χ0v) is 19.4. The van der Waals surface area contributed by atoms with Crippen molar-refractivity contribution in [1.29, 1.82) is 0 Å². The average Bonchev–Trinajstić information content (AvgIpc) is 3.38. The summed E-state index contributed by atoms with van der Waals surface area (Å²) in [5.74, 6) is -0.577. The quantitative estimate of drug-likeness (QED) is 0.486. The van der Waals surface area contributed by atoms with Crippen molar-refractivity contribution in [2.45, 2.75) is 18.9 Å². The molecule has 3 aromatic rings. The molecule has 6 nitrogen and oxygen atoms in total. The fraction of sp³-hybridized carbons (Fsp3) is 0.200. The van der Waals surface area contributed by atoms with Gasteiger partial charge < -0.3 is 4.90 Å². The third-order valence-electron chi connectivity index (χ3n) is 4.72. The number of nitrogens with one attached hydrogen (secondary N) is 1. The van der Waals surface area contributed by atoms with Crippen LogP contribution in [-0.2, 0) is 4.79 Å². The van der Waals surface area contributed by atoms with Gasteiger partial charge in [0.15, 0.2) is 0 Å². The van der Waals surface area contributed by atoms with Gasteiger partial charge in [-0.3, -0.25) is 14.9 Å². The average molecular weight is 526 g/mol. The number of carbonyl (C=O) groups is 2. The van der Waals surface area contributed by atoms with E-state index < -0.39 is 6.04 Å². The molecule has 4 rings (SSSR count). The summed E-state index contributed by atoms with van der Waals surface area (Å²) in [5.41, 5.74) is 1.24.